The van der Waals surface area contributed by atoms with Crippen LogP contribution in [0.1, 0.15) is 50.0 Å². The third-order valence-electron chi connectivity index (χ3n) is 4.85. The second kappa shape index (κ2) is 8.10. The van der Waals surface area contributed by atoms with Gasteiger partial charge in [0, 0.05) is 31.0 Å². The van der Waals surface area contributed by atoms with Gasteiger partial charge in [0.1, 0.15) is 5.69 Å². The Balaban J connectivity index is 1.86. The number of carbonyl (C=O) groups excluding carboxylic acids is 1. The van der Waals surface area contributed by atoms with Crippen LogP contribution in [0.2, 0.25) is 0 Å². The maximum Gasteiger partial charge on any atom is 0.277 e. The van der Waals surface area contributed by atoms with Crippen LogP contribution >= 0.6 is 0 Å². The van der Waals surface area contributed by atoms with E-state index in [-0.39, 0.29) is 5.91 Å². The van der Waals surface area contributed by atoms with Gasteiger partial charge in [0.05, 0.1) is 0 Å². The van der Waals surface area contributed by atoms with Gasteiger partial charge in [-0.05, 0) is 50.8 Å². The molecule has 0 saturated carbocycles. The first kappa shape index (κ1) is 17.4. The molecule has 1 atom stereocenters. The minimum absolute atomic E-state index is 0.0811. The lowest BCUT2D eigenvalue weighted by molar-refractivity contribution is 0.0983. The van der Waals surface area contributed by atoms with E-state index in [4.69, 9.17) is 0 Å². The fourth-order valence-electron chi connectivity index (χ4n) is 3.48. The molecule has 1 saturated heterocycles. The van der Waals surface area contributed by atoms with Crippen molar-refractivity contribution in [2.75, 3.05) is 22.9 Å². The van der Waals surface area contributed by atoms with Gasteiger partial charge in [0.2, 0.25) is 5.95 Å². The van der Waals surface area contributed by atoms with Crippen LogP contribution in [0.4, 0.5) is 11.6 Å². The Kier molecular flexibility index (Phi) is 5.64. The molecular weight excluding hydrogens is 312 g/mol. The van der Waals surface area contributed by atoms with E-state index >= 15 is 0 Å². The number of carbonyl (C=O) groups is 1. The molecule has 25 heavy (non-hydrogen) atoms. The summed E-state index contributed by atoms with van der Waals surface area (Å²) in [5.74, 6) is 0.601. The third kappa shape index (κ3) is 3.81. The van der Waals surface area contributed by atoms with Gasteiger partial charge in [-0.1, -0.05) is 25.1 Å². The lowest BCUT2D eigenvalue weighted by atomic mass is 10.0. The summed E-state index contributed by atoms with van der Waals surface area (Å²) < 4.78 is 0. The van der Waals surface area contributed by atoms with Crippen molar-refractivity contribution in [3.63, 3.8) is 0 Å². The van der Waals surface area contributed by atoms with Crippen LogP contribution in [0, 0.1) is 0 Å². The molecule has 1 fully saturated rings. The summed E-state index contributed by atoms with van der Waals surface area (Å²) in [7, 11) is 0. The number of rotatable bonds is 5. The Morgan fingerprint density at radius 1 is 1.20 bits per heavy atom. The number of hydrogen-bond donors (Lipinski definition) is 0. The summed E-state index contributed by atoms with van der Waals surface area (Å²) in [6.07, 6.45) is 6.36. The van der Waals surface area contributed by atoms with Crippen molar-refractivity contribution in [2.24, 2.45) is 0 Å². The lowest BCUT2D eigenvalue weighted by Crippen LogP contribution is -2.40. The molecule has 0 bridgehead atoms. The van der Waals surface area contributed by atoms with Crippen LogP contribution in [0.15, 0.2) is 42.6 Å². The first-order valence-corrected chi connectivity index (χ1v) is 9.21. The molecule has 1 aliphatic heterocycles. The van der Waals surface area contributed by atoms with Crippen LogP contribution in [0.3, 0.4) is 0 Å². The van der Waals surface area contributed by atoms with E-state index in [1.54, 1.807) is 17.2 Å². The monoisotopic (exact) mass is 338 g/mol. The molecule has 132 valence electrons. The predicted molar refractivity (Wildman–Crippen MR) is 101 cm³/mol. The maximum atomic E-state index is 13.0. The van der Waals surface area contributed by atoms with E-state index in [0.717, 1.165) is 25.1 Å². The quantitative estimate of drug-likeness (QED) is 0.829. The van der Waals surface area contributed by atoms with Crippen LogP contribution in [-0.4, -0.2) is 35.0 Å². The van der Waals surface area contributed by atoms with Crippen molar-refractivity contribution < 1.29 is 4.79 Å². The Morgan fingerprint density at radius 3 is 2.72 bits per heavy atom. The Morgan fingerprint density at radius 2 is 2.00 bits per heavy atom. The smallest absolute Gasteiger partial charge is 0.277 e. The SMILES string of the molecule is CCC1CCCCN1c1nccc(C(=O)N(CC)c2ccccc2)n1. The molecule has 3 rings (SSSR count). The molecule has 1 unspecified atom stereocenters. The van der Waals surface area contributed by atoms with E-state index in [1.807, 2.05) is 37.3 Å². The van der Waals surface area contributed by atoms with Gasteiger partial charge in [-0.2, -0.15) is 0 Å². The van der Waals surface area contributed by atoms with Crippen LogP contribution < -0.4 is 9.80 Å². The summed E-state index contributed by atoms with van der Waals surface area (Å²) in [6, 6.07) is 11.9. The molecule has 0 aliphatic carbocycles. The molecule has 0 radical (unpaired) electrons. The zero-order valence-electron chi connectivity index (χ0n) is 15.1. The van der Waals surface area contributed by atoms with Crippen molar-refractivity contribution >= 4 is 17.5 Å². The second-order valence-electron chi connectivity index (χ2n) is 6.38. The van der Waals surface area contributed by atoms with Gasteiger partial charge in [-0.25, -0.2) is 9.97 Å². The van der Waals surface area contributed by atoms with E-state index in [0.29, 0.717) is 24.2 Å². The minimum Gasteiger partial charge on any atom is -0.338 e. The predicted octanol–water partition coefficient (Wildman–Crippen LogP) is 3.91. The lowest BCUT2D eigenvalue weighted by Gasteiger charge is -2.35. The molecule has 1 aliphatic rings. The van der Waals surface area contributed by atoms with Crippen molar-refractivity contribution in [2.45, 2.75) is 45.6 Å². The number of nitrogens with zero attached hydrogens (tertiary/aromatic N) is 4. The first-order chi connectivity index (χ1) is 12.2. The van der Waals surface area contributed by atoms with E-state index in [9.17, 15) is 4.79 Å². The topological polar surface area (TPSA) is 49.3 Å². The Labute approximate surface area is 149 Å². The normalized spacial score (nSPS) is 17.4. The summed E-state index contributed by atoms with van der Waals surface area (Å²) >= 11 is 0. The third-order valence-corrected chi connectivity index (χ3v) is 4.85. The number of para-hydroxylation sites is 1. The summed E-state index contributed by atoms with van der Waals surface area (Å²) in [5, 5.41) is 0. The van der Waals surface area contributed by atoms with Gasteiger partial charge in [0.25, 0.3) is 5.91 Å². The number of benzene rings is 1. The van der Waals surface area contributed by atoms with Gasteiger partial charge < -0.3 is 9.80 Å². The molecule has 0 spiro atoms. The summed E-state index contributed by atoms with van der Waals surface area (Å²) in [5.41, 5.74) is 1.34. The number of aromatic nitrogens is 2. The average molecular weight is 338 g/mol. The van der Waals surface area contributed by atoms with Gasteiger partial charge in [0.15, 0.2) is 0 Å². The number of amides is 1. The molecule has 2 aromatic rings. The number of hydrogen-bond acceptors (Lipinski definition) is 4. The largest absolute Gasteiger partial charge is 0.338 e. The zero-order valence-corrected chi connectivity index (χ0v) is 15.1. The highest BCUT2D eigenvalue weighted by Gasteiger charge is 2.25. The fourth-order valence-corrected chi connectivity index (χ4v) is 3.48. The molecule has 1 amide bonds. The Hall–Kier alpha value is -2.43. The summed E-state index contributed by atoms with van der Waals surface area (Å²) in [4.78, 5) is 26.1. The highest BCUT2D eigenvalue weighted by molar-refractivity contribution is 6.04. The van der Waals surface area contributed by atoms with Crippen molar-refractivity contribution in [3.8, 4) is 0 Å². The molecule has 1 aromatic heterocycles. The van der Waals surface area contributed by atoms with Gasteiger partial charge in [-0.15, -0.1) is 0 Å². The second-order valence-corrected chi connectivity index (χ2v) is 6.38. The first-order valence-electron chi connectivity index (χ1n) is 9.21. The standard InChI is InChI=1S/C20H26N4O/c1-3-16-10-8-9-15-24(16)20-21-14-13-18(22-20)19(25)23(4-2)17-11-6-5-7-12-17/h5-7,11-14,16H,3-4,8-10,15H2,1-2H3. The highest BCUT2D eigenvalue weighted by Crippen LogP contribution is 2.24. The molecule has 5 nitrogen and oxygen atoms in total. The Bertz CT molecular complexity index is 704. The summed E-state index contributed by atoms with van der Waals surface area (Å²) in [6.45, 7) is 5.74. The number of piperidine rings is 1. The van der Waals surface area contributed by atoms with Crippen molar-refractivity contribution in [1.29, 1.82) is 0 Å². The van der Waals surface area contributed by atoms with Crippen molar-refractivity contribution in [3.05, 3.63) is 48.3 Å². The van der Waals surface area contributed by atoms with Crippen molar-refractivity contribution in [1.82, 2.24) is 9.97 Å². The molecule has 2 heterocycles. The number of anilines is 2. The minimum atomic E-state index is -0.0811. The zero-order chi connectivity index (χ0) is 17.6. The average Bonchev–Trinajstić information content (AvgIpc) is 2.69. The van der Waals surface area contributed by atoms with E-state index < -0.39 is 0 Å². The fraction of sp³-hybridized carbons (Fsp3) is 0.450. The van der Waals surface area contributed by atoms with Crippen LogP contribution in [-0.2, 0) is 0 Å². The van der Waals surface area contributed by atoms with Gasteiger partial charge >= 0.3 is 0 Å². The highest BCUT2D eigenvalue weighted by atomic mass is 16.2. The van der Waals surface area contributed by atoms with E-state index in [1.165, 1.54) is 12.8 Å². The molecular formula is C20H26N4O. The van der Waals surface area contributed by atoms with Crippen LogP contribution in [0.5, 0.6) is 0 Å². The molecule has 0 N–H and O–H groups in total. The van der Waals surface area contributed by atoms with E-state index in [2.05, 4.69) is 21.8 Å². The molecule has 5 heteroatoms. The van der Waals surface area contributed by atoms with Crippen LogP contribution in [0.25, 0.3) is 0 Å². The molecule has 1 aromatic carbocycles. The van der Waals surface area contributed by atoms with Gasteiger partial charge in [-0.3, -0.25) is 4.79 Å². The maximum absolute atomic E-state index is 13.0.